The highest BCUT2D eigenvalue weighted by Gasteiger charge is 2.18. The van der Waals surface area contributed by atoms with Gasteiger partial charge >= 0.3 is 0 Å². The zero-order valence-electron chi connectivity index (χ0n) is 13.4. The fourth-order valence-electron chi connectivity index (χ4n) is 3.42. The van der Waals surface area contributed by atoms with E-state index in [9.17, 15) is 0 Å². The summed E-state index contributed by atoms with van der Waals surface area (Å²) in [6, 6.07) is 5.88. The smallest absolute Gasteiger partial charge is 0.252 e. The van der Waals surface area contributed by atoms with Gasteiger partial charge in [0.1, 0.15) is 0 Å². The van der Waals surface area contributed by atoms with Crippen LogP contribution in [0, 0.1) is 0 Å². The van der Waals surface area contributed by atoms with Gasteiger partial charge in [0, 0.05) is 18.2 Å². The third-order valence-electron chi connectivity index (χ3n) is 4.67. The molecule has 1 aromatic carbocycles. The molecule has 3 heterocycles. The highest BCUT2D eigenvalue weighted by Crippen LogP contribution is 2.33. The van der Waals surface area contributed by atoms with Gasteiger partial charge in [-0.1, -0.05) is 0 Å². The van der Waals surface area contributed by atoms with Gasteiger partial charge in [0.2, 0.25) is 0 Å². The van der Waals surface area contributed by atoms with Crippen molar-refractivity contribution in [1.29, 1.82) is 0 Å². The van der Waals surface area contributed by atoms with Crippen LogP contribution in [0.15, 0.2) is 24.4 Å². The second-order valence-corrected chi connectivity index (χ2v) is 6.30. The molecule has 0 N–H and O–H groups in total. The maximum absolute atomic E-state index is 5.77. The van der Waals surface area contributed by atoms with Crippen LogP contribution in [0.25, 0.3) is 17.2 Å². The summed E-state index contributed by atoms with van der Waals surface area (Å²) < 4.78 is 13.4. The molecule has 2 aliphatic rings. The predicted molar refractivity (Wildman–Crippen MR) is 88.5 cm³/mol. The molecule has 0 amide bonds. The summed E-state index contributed by atoms with van der Waals surface area (Å²) in [4.78, 5) is 9.08. The van der Waals surface area contributed by atoms with Crippen LogP contribution in [-0.2, 0) is 12.8 Å². The van der Waals surface area contributed by atoms with Gasteiger partial charge in [-0.05, 0) is 49.4 Å². The van der Waals surface area contributed by atoms with Crippen molar-refractivity contribution in [3.8, 4) is 22.9 Å². The average Bonchev–Trinajstić information content (AvgIpc) is 2.93. The highest BCUT2D eigenvalue weighted by molar-refractivity contribution is 5.62. The fraction of sp³-hybridized carbons (Fsp3) is 0.389. The lowest BCUT2D eigenvalue weighted by Gasteiger charge is -2.14. The number of benzene rings is 1. The van der Waals surface area contributed by atoms with E-state index in [1.165, 1.54) is 24.1 Å². The third kappa shape index (κ3) is 2.21. The second-order valence-electron chi connectivity index (χ2n) is 6.30. The van der Waals surface area contributed by atoms with Crippen molar-refractivity contribution in [2.75, 3.05) is 13.2 Å². The van der Waals surface area contributed by atoms with Gasteiger partial charge in [-0.3, -0.25) is 0 Å². The predicted octanol–water partition coefficient (Wildman–Crippen LogP) is 2.83. The SMILES string of the molecule is c1cc2c(cc1-c1nc3ncc4c(n3n1)CCCC4)OCCCO2. The summed E-state index contributed by atoms with van der Waals surface area (Å²) in [5.41, 5.74) is 3.47. The van der Waals surface area contributed by atoms with Crippen LogP contribution in [0.4, 0.5) is 0 Å². The molecule has 6 heteroatoms. The first-order valence-corrected chi connectivity index (χ1v) is 8.52. The lowest BCUT2D eigenvalue weighted by molar-refractivity contribution is 0.297. The Balaban J connectivity index is 1.60. The number of fused-ring (bicyclic) bond motifs is 4. The molecule has 6 nitrogen and oxygen atoms in total. The van der Waals surface area contributed by atoms with E-state index in [0.717, 1.165) is 36.3 Å². The van der Waals surface area contributed by atoms with Crippen molar-refractivity contribution >= 4 is 5.78 Å². The summed E-state index contributed by atoms with van der Waals surface area (Å²) in [5.74, 6) is 2.89. The Bertz CT molecular complexity index is 919. The van der Waals surface area contributed by atoms with Crippen molar-refractivity contribution < 1.29 is 9.47 Å². The zero-order valence-corrected chi connectivity index (χ0v) is 13.4. The number of ether oxygens (including phenoxy) is 2. The minimum atomic E-state index is 0.665. The molecule has 24 heavy (non-hydrogen) atoms. The summed E-state index contributed by atoms with van der Waals surface area (Å²) >= 11 is 0. The van der Waals surface area contributed by atoms with E-state index in [4.69, 9.17) is 14.6 Å². The van der Waals surface area contributed by atoms with Crippen LogP contribution in [0.3, 0.4) is 0 Å². The number of aryl methyl sites for hydroxylation is 2. The third-order valence-corrected chi connectivity index (χ3v) is 4.67. The lowest BCUT2D eigenvalue weighted by Crippen LogP contribution is -2.10. The molecule has 0 bridgehead atoms. The molecule has 3 aromatic rings. The first-order valence-electron chi connectivity index (χ1n) is 8.52. The summed E-state index contributed by atoms with van der Waals surface area (Å²) in [5, 5.41) is 4.72. The van der Waals surface area contributed by atoms with E-state index >= 15 is 0 Å². The Labute approximate surface area is 139 Å². The molecule has 0 spiro atoms. The molecule has 0 saturated heterocycles. The van der Waals surface area contributed by atoms with Crippen molar-refractivity contribution in [3.05, 3.63) is 35.7 Å². The number of rotatable bonds is 1. The summed E-state index contributed by atoms with van der Waals surface area (Å²) in [7, 11) is 0. The zero-order chi connectivity index (χ0) is 15.9. The van der Waals surface area contributed by atoms with Gasteiger partial charge in [-0.15, -0.1) is 5.10 Å². The quantitative estimate of drug-likeness (QED) is 0.689. The van der Waals surface area contributed by atoms with Gasteiger partial charge in [0.25, 0.3) is 5.78 Å². The highest BCUT2D eigenvalue weighted by atomic mass is 16.5. The number of hydrogen-bond acceptors (Lipinski definition) is 5. The van der Waals surface area contributed by atoms with Gasteiger partial charge in [-0.2, -0.15) is 4.98 Å². The average molecular weight is 322 g/mol. The van der Waals surface area contributed by atoms with Crippen LogP contribution >= 0.6 is 0 Å². The van der Waals surface area contributed by atoms with Crippen molar-refractivity contribution in [2.24, 2.45) is 0 Å². The van der Waals surface area contributed by atoms with Crippen molar-refractivity contribution in [1.82, 2.24) is 19.6 Å². The first-order chi connectivity index (χ1) is 11.9. The molecule has 1 aliphatic heterocycles. The van der Waals surface area contributed by atoms with Gasteiger partial charge in [0.05, 0.1) is 18.9 Å². The Kier molecular flexibility index (Phi) is 3.14. The van der Waals surface area contributed by atoms with E-state index in [-0.39, 0.29) is 0 Å². The van der Waals surface area contributed by atoms with Crippen LogP contribution in [0.2, 0.25) is 0 Å². The van der Waals surface area contributed by atoms with Gasteiger partial charge < -0.3 is 9.47 Å². The Morgan fingerprint density at radius 2 is 1.83 bits per heavy atom. The Hall–Kier alpha value is -2.63. The van der Waals surface area contributed by atoms with E-state index < -0.39 is 0 Å². The standard InChI is InChI=1S/C18H18N4O2/c1-2-5-14-13(4-1)11-19-18-20-17(21-22(14)18)12-6-7-15-16(10-12)24-9-3-8-23-15/h6-7,10-11H,1-5,8-9H2. The number of aromatic nitrogens is 4. The van der Waals surface area contributed by atoms with Crippen LogP contribution in [0.5, 0.6) is 11.5 Å². The van der Waals surface area contributed by atoms with E-state index in [1.807, 2.05) is 28.9 Å². The van der Waals surface area contributed by atoms with Gasteiger partial charge in [0.15, 0.2) is 17.3 Å². The molecule has 5 rings (SSSR count). The van der Waals surface area contributed by atoms with Crippen molar-refractivity contribution in [2.45, 2.75) is 32.1 Å². The maximum atomic E-state index is 5.77. The van der Waals surface area contributed by atoms with Crippen LogP contribution < -0.4 is 9.47 Å². The summed E-state index contributed by atoms with van der Waals surface area (Å²) in [6.45, 7) is 1.36. The van der Waals surface area contributed by atoms with Gasteiger partial charge in [-0.25, -0.2) is 9.50 Å². The molecule has 0 fully saturated rings. The van der Waals surface area contributed by atoms with Crippen LogP contribution in [0.1, 0.15) is 30.5 Å². The topological polar surface area (TPSA) is 61.5 Å². The summed E-state index contributed by atoms with van der Waals surface area (Å²) in [6.07, 6.45) is 7.40. The van der Waals surface area contributed by atoms with E-state index in [0.29, 0.717) is 24.8 Å². The fourth-order valence-corrected chi connectivity index (χ4v) is 3.42. The molecule has 0 saturated carbocycles. The molecular weight excluding hydrogens is 304 g/mol. The second kappa shape index (κ2) is 5.47. The molecule has 2 aromatic heterocycles. The van der Waals surface area contributed by atoms with E-state index in [1.54, 1.807) is 0 Å². The molecule has 0 atom stereocenters. The Morgan fingerprint density at radius 1 is 0.958 bits per heavy atom. The first kappa shape index (κ1) is 13.8. The molecule has 0 unspecified atom stereocenters. The molecule has 0 radical (unpaired) electrons. The maximum Gasteiger partial charge on any atom is 0.252 e. The Morgan fingerprint density at radius 3 is 2.79 bits per heavy atom. The number of hydrogen-bond donors (Lipinski definition) is 0. The van der Waals surface area contributed by atoms with E-state index in [2.05, 4.69) is 9.97 Å². The minimum absolute atomic E-state index is 0.665. The number of nitrogens with zero attached hydrogens (tertiary/aromatic N) is 4. The normalized spacial score (nSPS) is 16.7. The molecule has 1 aliphatic carbocycles. The monoisotopic (exact) mass is 322 g/mol. The minimum Gasteiger partial charge on any atom is -0.490 e. The van der Waals surface area contributed by atoms with Crippen LogP contribution in [-0.4, -0.2) is 32.8 Å². The largest absolute Gasteiger partial charge is 0.490 e. The lowest BCUT2D eigenvalue weighted by atomic mass is 9.98. The molecular formula is C18H18N4O2. The van der Waals surface area contributed by atoms with Crippen molar-refractivity contribution in [3.63, 3.8) is 0 Å². The molecule has 122 valence electrons.